The van der Waals surface area contributed by atoms with Crippen LogP contribution >= 0.6 is 0 Å². The van der Waals surface area contributed by atoms with Crippen molar-refractivity contribution in [1.82, 2.24) is 15.3 Å². The van der Waals surface area contributed by atoms with Crippen molar-refractivity contribution in [2.24, 2.45) is 0 Å². The summed E-state index contributed by atoms with van der Waals surface area (Å²) in [4.78, 5) is 20.9. The molecule has 1 unspecified atom stereocenters. The summed E-state index contributed by atoms with van der Waals surface area (Å²) in [6, 6.07) is 20.1. The van der Waals surface area contributed by atoms with Crippen LogP contribution in [0.25, 0.3) is 11.4 Å². The van der Waals surface area contributed by atoms with Crippen LogP contribution in [0.1, 0.15) is 29.3 Å². The minimum Gasteiger partial charge on any atom is -0.349 e. The van der Waals surface area contributed by atoms with E-state index in [2.05, 4.69) is 27.4 Å². The van der Waals surface area contributed by atoms with E-state index in [1.165, 1.54) is 5.56 Å². The topological polar surface area (TPSA) is 54.9 Å². The van der Waals surface area contributed by atoms with Gasteiger partial charge in [-0.25, -0.2) is 9.97 Å². The Kier molecular flexibility index (Phi) is 5.52. The van der Waals surface area contributed by atoms with Crippen LogP contribution in [0.3, 0.4) is 0 Å². The lowest BCUT2D eigenvalue weighted by Gasteiger charge is -2.13. The molecule has 25 heavy (non-hydrogen) atoms. The normalized spacial score (nSPS) is 11.7. The molecule has 4 nitrogen and oxygen atoms in total. The molecule has 1 N–H and O–H groups in total. The van der Waals surface area contributed by atoms with Gasteiger partial charge in [-0.15, -0.1) is 0 Å². The lowest BCUT2D eigenvalue weighted by atomic mass is 10.1. The van der Waals surface area contributed by atoms with Gasteiger partial charge in [0.1, 0.15) is 0 Å². The second-order valence-corrected chi connectivity index (χ2v) is 6.06. The summed E-state index contributed by atoms with van der Waals surface area (Å²) in [5, 5.41) is 3.01. The number of hydrogen-bond donors (Lipinski definition) is 1. The van der Waals surface area contributed by atoms with Crippen molar-refractivity contribution in [2.45, 2.75) is 25.8 Å². The fourth-order valence-electron chi connectivity index (χ4n) is 2.59. The zero-order valence-corrected chi connectivity index (χ0v) is 14.2. The number of carbonyl (C=O) groups excluding carboxylic acids is 1. The van der Waals surface area contributed by atoms with Crippen LogP contribution in [0.2, 0.25) is 0 Å². The summed E-state index contributed by atoms with van der Waals surface area (Å²) < 4.78 is 0. The molecular weight excluding hydrogens is 310 g/mol. The molecule has 0 bridgehead atoms. The van der Waals surface area contributed by atoms with E-state index in [1.807, 2.05) is 55.5 Å². The molecule has 3 rings (SSSR count). The molecule has 4 heteroatoms. The Bertz CT molecular complexity index is 802. The maximum absolute atomic E-state index is 12.3. The molecule has 0 fully saturated rings. The number of aromatic nitrogens is 2. The van der Waals surface area contributed by atoms with E-state index in [0.717, 1.165) is 18.4 Å². The second-order valence-electron chi connectivity index (χ2n) is 6.06. The smallest absolute Gasteiger partial charge is 0.254 e. The van der Waals surface area contributed by atoms with Crippen LogP contribution in [-0.4, -0.2) is 21.9 Å². The molecule has 2 aromatic carbocycles. The van der Waals surface area contributed by atoms with Gasteiger partial charge >= 0.3 is 0 Å². The number of hydrogen-bond acceptors (Lipinski definition) is 3. The molecule has 0 saturated carbocycles. The highest BCUT2D eigenvalue weighted by Gasteiger charge is 2.11. The Hall–Kier alpha value is -3.01. The molecule has 1 heterocycles. The van der Waals surface area contributed by atoms with Crippen LogP contribution < -0.4 is 5.32 Å². The van der Waals surface area contributed by atoms with Gasteiger partial charge in [-0.3, -0.25) is 4.79 Å². The number of amides is 1. The Morgan fingerprint density at radius 1 is 0.960 bits per heavy atom. The van der Waals surface area contributed by atoms with E-state index < -0.39 is 0 Å². The average Bonchev–Trinajstić information content (AvgIpc) is 2.68. The number of carbonyl (C=O) groups is 1. The summed E-state index contributed by atoms with van der Waals surface area (Å²) in [6.45, 7) is 2.01. The zero-order chi connectivity index (χ0) is 17.5. The van der Waals surface area contributed by atoms with Crippen molar-refractivity contribution >= 4 is 5.91 Å². The molecule has 0 aliphatic heterocycles. The van der Waals surface area contributed by atoms with Gasteiger partial charge in [-0.1, -0.05) is 60.7 Å². The van der Waals surface area contributed by atoms with Gasteiger partial charge < -0.3 is 5.32 Å². The molecule has 1 atom stereocenters. The van der Waals surface area contributed by atoms with E-state index in [0.29, 0.717) is 11.4 Å². The molecule has 0 aliphatic rings. The van der Waals surface area contributed by atoms with Crippen LogP contribution in [-0.2, 0) is 6.42 Å². The first kappa shape index (κ1) is 16.8. The van der Waals surface area contributed by atoms with Crippen molar-refractivity contribution < 1.29 is 4.79 Å². The Morgan fingerprint density at radius 3 is 2.20 bits per heavy atom. The van der Waals surface area contributed by atoms with Gasteiger partial charge in [-0.05, 0) is 25.3 Å². The van der Waals surface area contributed by atoms with Crippen LogP contribution in [0.15, 0.2) is 73.1 Å². The zero-order valence-electron chi connectivity index (χ0n) is 14.2. The third kappa shape index (κ3) is 4.73. The fourth-order valence-corrected chi connectivity index (χ4v) is 2.59. The Labute approximate surface area is 148 Å². The highest BCUT2D eigenvalue weighted by Crippen LogP contribution is 2.13. The molecule has 0 radical (unpaired) electrons. The van der Waals surface area contributed by atoms with Crippen molar-refractivity contribution in [3.63, 3.8) is 0 Å². The van der Waals surface area contributed by atoms with Gasteiger partial charge in [0.2, 0.25) is 0 Å². The van der Waals surface area contributed by atoms with Gasteiger partial charge in [0.15, 0.2) is 5.82 Å². The summed E-state index contributed by atoms with van der Waals surface area (Å²) >= 11 is 0. The van der Waals surface area contributed by atoms with Crippen molar-refractivity contribution in [2.75, 3.05) is 0 Å². The van der Waals surface area contributed by atoms with Crippen molar-refractivity contribution in [1.29, 1.82) is 0 Å². The average molecular weight is 331 g/mol. The van der Waals surface area contributed by atoms with Gasteiger partial charge in [0.25, 0.3) is 5.91 Å². The summed E-state index contributed by atoms with van der Waals surface area (Å²) in [5.41, 5.74) is 2.69. The number of nitrogens with zero attached hydrogens (tertiary/aromatic N) is 2. The molecule has 1 aromatic heterocycles. The quantitative estimate of drug-likeness (QED) is 0.745. The van der Waals surface area contributed by atoms with Crippen LogP contribution in [0.4, 0.5) is 0 Å². The number of benzene rings is 2. The maximum atomic E-state index is 12.3. The third-order valence-corrected chi connectivity index (χ3v) is 4.03. The van der Waals surface area contributed by atoms with Crippen LogP contribution in [0.5, 0.6) is 0 Å². The summed E-state index contributed by atoms with van der Waals surface area (Å²) in [6.07, 6.45) is 4.98. The maximum Gasteiger partial charge on any atom is 0.254 e. The van der Waals surface area contributed by atoms with Crippen LogP contribution in [0, 0.1) is 0 Å². The first-order chi connectivity index (χ1) is 12.2. The summed E-state index contributed by atoms with van der Waals surface area (Å²) in [7, 11) is 0. The molecule has 3 aromatic rings. The first-order valence-electron chi connectivity index (χ1n) is 8.44. The minimum absolute atomic E-state index is 0.0847. The Balaban J connectivity index is 1.55. The van der Waals surface area contributed by atoms with Gasteiger partial charge in [0, 0.05) is 24.0 Å². The monoisotopic (exact) mass is 331 g/mol. The predicted octanol–water partition coefficient (Wildman–Crippen LogP) is 3.89. The molecule has 0 aliphatic carbocycles. The van der Waals surface area contributed by atoms with Crippen molar-refractivity contribution in [3.05, 3.63) is 84.2 Å². The van der Waals surface area contributed by atoms with E-state index in [-0.39, 0.29) is 11.9 Å². The van der Waals surface area contributed by atoms with Gasteiger partial charge in [0.05, 0.1) is 5.56 Å². The van der Waals surface area contributed by atoms with Crippen molar-refractivity contribution in [3.8, 4) is 11.4 Å². The minimum atomic E-state index is -0.139. The largest absolute Gasteiger partial charge is 0.349 e. The SMILES string of the molecule is CC(CCc1ccccc1)NC(=O)c1cnc(-c2ccccc2)nc1. The van der Waals surface area contributed by atoms with E-state index in [4.69, 9.17) is 0 Å². The lowest BCUT2D eigenvalue weighted by molar-refractivity contribution is 0.0937. The van der Waals surface area contributed by atoms with E-state index in [9.17, 15) is 4.79 Å². The molecular formula is C21H21N3O. The molecule has 0 saturated heterocycles. The third-order valence-electron chi connectivity index (χ3n) is 4.03. The number of rotatable bonds is 6. The van der Waals surface area contributed by atoms with Gasteiger partial charge in [-0.2, -0.15) is 0 Å². The standard InChI is InChI=1S/C21H21N3O/c1-16(12-13-17-8-4-2-5-9-17)24-21(25)19-14-22-20(23-15-19)18-10-6-3-7-11-18/h2-11,14-16H,12-13H2,1H3,(H,24,25). The fraction of sp³-hybridized carbons (Fsp3) is 0.190. The number of aryl methyl sites for hydroxylation is 1. The predicted molar refractivity (Wildman–Crippen MR) is 99.2 cm³/mol. The van der Waals surface area contributed by atoms with E-state index >= 15 is 0 Å². The molecule has 0 spiro atoms. The summed E-state index contributed by atoms with van der Waals surface area (Å²) in [5.74, 6) is 0.481. The molecule has 126 valence electrons. The lowest BCUT2D eigenvalue weighted by Crippen LogP contribution is -2.33. The molecule has 1 amide bonds. The second kappa shape index (κ2) is 8.20. The highest BCUT2D eigenvalue weighted by atomic mass is 16.1. The highest BCUT2D eigenvalue weighted by molar-refractivity contribution is 5.93. The first-order valence-corrected chi connectivity index (χ1v) is 8.44. The van der Waals surface area contributed by atoms with E-state index in [1.54, 1.807) is 12.4 Å². The Morgan fingerprint density at radius 2 is 1.56 bits per heavy atom. The number of nitrogens with one attached hydrogen (secondary N) is 1.